The lowest BCUT2D eigenvalue weighted by molar-refractivity contribution is -0.142. The third-order valence-electron chi connectivity index (χ3n) is 3.77. The summed E-state index contributed by atoms with van der Waals surface area (Å²) < 4.78 is 39.5. The van der Waals surface area contributed by atoms with Gasteiger partial charge in [-0.3, -0.25) is 19.1 Å². The summed E-state index contributed by atoms with van der Waals surface area (Å²) in [6, 6.07) is 1.32. The molecule has 0 aromatic carbocycles. The van der Waals surface area contributed by atoms with Crippen molar-refractivity contribution in [1.29, 1.82) is 0 Å². The van der Waals surface area contributed by atoms with Crippen molar-refractivity contribution in [3.8, 4) is 0 Å². The molecule has 3 heterocycles. The van der Waals surface area contributed by atoms with Crippen molar-refractivity contribution in [3.05, 3.63) is 24.2 Å². The van der Waals surface area contributed by atoms with Crippen LogP contribution in [0.4, 0.5) is 24.7 Å². The highest BCUT2D eigenvalue weighted by atomic mass is 19.4. The van der Waals surface area contributed by atoms with Crippen molar-refractivity contribution >= 4 is 17.4 Å². The standard InChI is InChI=1S/C14H17F3N6O/c1-9-5-12(21(2)20-9)23-4-3-11(13(23)24)19-10-6-18-22(7-10)8-14(15,16)17/h5-7,11,19H,3-4,8H2,1-2H3/t11-/m1/s1. The van der Waals surface area contributed by atoms with Crippen molar-refractivity contribution in [2.45, 2.75) is 32.1 Å². The van der Waals surface area contributed by atoms with Crippen LogP contribution in [0.15, 0.2) is 18.5 Å². The minimum atomic E-state index is -4.33. The number of aromatic nitrogens is 4. The highest BCUT2D eigenvalue weighted by molar-refractivity contribution is 6.00. The maximum atomic E-state index is 12.5. The molecule has 0 saturated carbocycles. The van der Waals surface area contributed by atoms with Crippen molar-refractivity contribution in [3.63, 3.8) is 0 Å². The van der Waals surface area contributed by atoms with Crippen molar-refractivity contribution < 1.29 is 18.0 Å². The van der Waals surface area contributed by atoms with E-state index in [1.54, 1.807) is 16.6 Å². The number of halogens is 3. The van der Waals surface area contributed by atoms with Gasteiger partial charge in [0.15, 0.2) is 0 Å². The first-order chi connectivity index (χ1) is 11.2. The van der Waals surface area contributed by atoms with Crippen molar-refractivity contribution in [2.75, 3.05) is 16.8 Å². The fourth-order valence-corrected chi connectivity index (χ4v) is 2.80. The van der Waals surface area contributed by atoms with Gasteiger partial charge in [-0.2, -0.15) is 23.4 Å². The van der Waals surface area contributed by atoms with Gasteiger partial charge >= 0.3 is 6.18 Å². The Kier molecular flexibility index (Phi) is 3.98. The first-order valence-electron chi connectivity index (χ1n) is 7.41. The number of carbonyl (C=O) groups is 1. The SMILES string of the molecule is Cc1cc(N2CC[C@@H](Nc3cnn(CC(F)(F)F)c3)C2=O)n(C)n1. The Hall–Kier alpha value is -2.52. The fourth-order valence-electron chi connectivity index (χ4n) is 2.80. The number of hydrogen-bond donors (Lipinski definition) is 1. The molecule has 24 heavy (non-hydrogen) atoms. The Balaban J connectivity index is 1.67. The van der Waals surface area contributed by atoms with Gasteiger partial charge < -0.3 is 5.32 Å². The topological polar surface area (TPSA) is 68.0 Å². The van der Waals surface area contributed by atoms with E-state index < -0.39 is 18.8 Å². The average Bonchev–Trinajstić information content (AvgIpc) is 3.11. The summed E-state index contributed by atoms with van der Waals surface area (Å²) in [5.74, 6) is 0.566. The predicted octanol–water partition coefficient (Wildman–Crippen LogP) is 1.70. The average molecular weight is 342 g/mol. The Bertz CT molecular complexity index is 750. The number of hydrogen-bond acceptors (Lipinski definition) is 4. The van der Waals surface area contributed by atoms with E-state index in [4.69, 9.17) is 0 Å². The van der Waals surface area contributed by atoms with Crippen LogP contribution in [0.25, 0.3) is 0 Å². The van der Waals surface area contributed by atoms with Gasteiger partial charge in [0.25, 0.3) is 5.91 Å². The quantitative estimate of drug-likeness (QED) is 0.918. The molecule has 0 radical (unpaired) electrons. The summed E-state index contributed by atoms with van der Waals surface area (Å²) >= 11 is 0. The van der Waals surface area contributed by atoms with Crippen molar-refractivity contribution in [1.82, 2.24) is 19.6 Å². The summed E-state index contributed by atoms with van der Waals surface area (Å²) in [5.41, 5.74) is 1.20. The summed E-state index contributed by atoms with van der Waals surface area (Å²) in [7, 11) is 1.76. The molecule has 1 aliphatic rings. The van der Waals surface area contributed by atoms with Crippen LogP contribution in [0.2, 0.25) is 0 Å². The minimum Gasteiger partial charge on any atom is -0.371 e. The third kappa shape index (κ3) is 3.36. The molecule has 10 heteroatoms. The number of rotatable bonds is 4. The zero-order valence-corrected chi connectivity index (χ0v) is 13.2. The van der Waals surface area contributed by atoms with E-state index in [2.05, 4.69) is 15.5 Å². The van der Waals surface area contributed by atoms with E-state index in [0.29, 0.717) is 24.5 Å². The first kappa shape index (κ1) is 16.3. The van der Waals surface area contributed by atoms with Crippen LogP contribution < -0.4 is 10.2 Å². The van der Waals surface area contributed by atoms with Crippen LogP contribution in [0.3, 0.4) is 0 Å². The zero-order valence-electron chi connectivity index (χ0n) is 13.2. The second kappa shape index (κ2) is 5.84. The number of aryl methyl sites for hydroxylation is 2. The van der Waals surface area contributed by atoms with Crippen LogP contribution in [0.1, 0.15) is 12.1 Å². The molecule has 1 saturated heterocycles. The zero-order chi connectivity index (χ0) is 17.5. The molecule has 0 unspecified atom stereocenters. The van der Waals surface area contributed by atoms with Crippen LogP contribution in [0, 0.1) is 6.92 Å². The summed E-state index contributed by atoms with van der Waals surface area (Å²) in [6.07, 6.45) is -1.25. The number of alkyl halides is 3. The Morgan fingerprint density at radius 1 is 1.42 bits per heavy atom. The lowest BCUT2D eigenvalue weighted by Crippen LogP contribution is -2.34. The van der Waals surface area contributed by atoms with Crippen LogP contribution in [0.5, 0.6) is 0 Å². The monoisotopic (exact) mass is 342 g/mol. The molecule has 1 amide bonds. The lowest BCUT2D eigenvalue weighted by Gasteiger charge is -2.16. The Morgan fingerprint density at radius 3 is 2.79 bits per heavy atom. The number of carbonyl (C=O) groups excluding carboxylic acids is 1. The molecule has 1 fully saturated rings. The molecule has 0 bridgehead atoms. The number of amides is 1. The van der Waals surface area contributed by atoms with E-state index in [9.17, 15) is 18.0 Å². The van der Waals surface area contributed by atoms with Crippen LogP contribution in [-0.4, -0.2) is 44.2 Å². The van der Waals surface area contributed by atoms with E-state index in [0.717, 1.165) is 10.4 Å². The van der Waals surface area contributed by atoms with Gasteiger partial charge in [-0.05, 0) is 13.3 Å². The Labute approximate surface area is 136 Å². The van der Waals surface area contributed by atoms with Gasteiger partial charge in [0, 0.05) is 25.9 Å². The second-order valence-corrected chi connectivity index (χ2v) is 5.78. The molecule has 0 aliphatic carbocycles. The number of anilines is 2. The van der Waals surface area contributed by atoms with Crippen molar-refractivity contribution in [2.24, 2.45) is 7.05 Å². The molecule has 0 spiro atoms. The van der Waals surface area contributed by atoms with Gasteiger partial charge in [0.2, 0.25) is 0 Å². The maximum absolute atomic E-state index is 12.5. The van der Waals surface area contributed by atoms with Gasteiger partial charge in [0.1, 0.15) is 18.4 Å². The highest BCUT2D eigenvalue weighted by Gasteiger charge is 2.34. The Morgan fingerprint density at radius 2 is 2.17 bits per heavy atom. The molecule has 130 valence electrons. The summed E-state index contributed by atoms with van der Waals surface area (Å²) in [5, 5.41) is 10.8. The summed E-state index contributed by atoms with van der Waals surface area (Å²) in [4.78, 5) is 14.1. The molecule has 3 rings (SSSR count). The van der Waals surface area contributed by atoms with Gasteiger partial charge in [-0.25, -0.2) is 0 Å². The highest BCUT2D eigenvalue weighted by Crippen LogP contribution is 2.24. The summed E-state index contributed by atoms with van der Waals surface area (Å²) in [6.45, 7) is 1.20. The van der Waals surface area contributed by atoms with Gasteiger partial charge in [-0.15, -0.1) is 0 Å². The number of nitrogens with zero attached hydrogens (tertiary/aromatic N) is 5. The largest absolute Gasteiger partial charge is 0.408 e. The lowest BCUT2D eigenvalue weighted by atomic mass is 10.2. The molecule has 1 atom stereocenters. The van der Waals surface area contributed by atoms with E-state index in [-0.39, 0.29) is 5.91 Å². The molecule has 2 aromatic heterocycles. The first-order valence-corrected chi connectivity index (χ1v) is 7.41. The van der Waals surface area contributed by atoms with Crippen LogP contribution >= 0.6 is 0 Å². The molecule has 2 aromatic rings. The normalized spacial score (nSPS) is 18.5. The third-order valence-corrected chi connectivity index (χ3v) is 3.77. The minimum absolute atomic E-state index is 0.137. The molecular weight excluding hydrogens is 325 g/mol. The van der Waals surface area contributed by atoms with E-state index in [1.165, 1.54) is 12.4 Å². The molecular formula is C14H17F3N6O. The maximum Gasteiger partial charge on any atom is 0.408 e. The molecule has 1 N–H and O–H groups in total. The molecule has 7 nitrogen and oxygen atoms in total. The van der Waals surface area contributed by atoms with Crippen LogP contribution in [-0.2, 0) is 18.4 Å². The molecule has 1 aliphatic heterocycles. The number of nitrogens with one attached hydrogen (secondary N) is 1. The second-order valence-electron chi connectivity index (χ2n) is 5.78. The van der Waals surface area contributed by atoms with Gasteiger partial charge in [-0.1, -0.05) is 0 Å². The predicted molar refractivity (Wildman–Crippen MR) is 80.6 cm³/mol. The van der Waals surface area contributed by atoms with E-state index in [1.807, 2.05) is 13.0 Å². The van der Waals surface area contributed by atoms with Gasteiger partial charge in [0.05, 0.1) is 17.6 Å². The smallest absolute Gasteiger partial charge is 0.371 e. The fraction of sp³-hybridized carbons (Fsp3) is 0.500. The van der Waals surface area contributed by atoms with E-state index >= 15 is 0 Å².